The fraction of sp³-hybridized carbons (Fsp3) is 0.417. The SMILES string of the molecule is O=S(=O)(c1ccc(-c2cc(C(F)(F)F)[nH]n2)s1)N1CCOCC1. The molecule has 11 heteroatoms. The number of rotatable bonds is 3. The molecule has 3 rings (SSSR count). The Bertz CT molecular complexity index is 792. The highest BCUT2D eigenvalue weighted by atomic mass is 32.2. The summed E-state index contributed by atoms with van der Waals surface area (Å²) in [6.45, 7) is 1.17. The van der Waals surface area contributed by atoms with Crippen molar-refractivity contribution in [3.05, 3.63) is 23.9 Å². The van der Waals surface area contributed by atoms with Crippen LogP contribution in [0.25, 0.3) is 10.6 Å². The molecule has 2 aromatic rings. The van der Waals surface area contributed by atoms with Crippen molar-refractivity contribution in [2.45, 2.75) is 10.4 Å². The summed E-state index contributed by atoms with van der Waals surface area (Å²) in [5, 5.41) is 5.51. The lowest BCUT2D eigenvalue weighted by Crippen LogP contribution is -2.40. The van der Waals surface area contributed by atoms with Crippen molar-refractivity contribution in [3.8, 4) is 10.6 Å². The maximum atomic E-state index is 12.6. The Labute approximate surface area is 133 Å². The van der Waals surface area contributed by atoms with Crippen LogP contribution in [0.3, 0.4) is 0 Å². The lowest BCUT2D eigenvalue weighted by Gasteiger charge is -2.25. The largest absolute Gasteiger partial charge is 0.432 e. The Morgan fingerprint density at radius 3 is 2.57 bits per heavy atom. The second-order valence-corrected chi connectivity index (χ2v) is 8.05. The molecule has 0 spiro atoms. The van der Waals surface area contributed by atoms with Crippen LogP contribution in [-0.2, 0) is 20.9 Å². The fourth-order valence-corrected chi connectivity index (χ4v) is 4.93. The summed E-state index contributed by atoms with van der Waals surface area (Å²) >= 11 is 0.890. The molecule has 0 amide bonds. The van der Waals surface area contributed by atoms with Gasteiger partial charge in [0.1, 0.15) is 15.6 Å². The summed E-state index contributed by atoms with van der Waals surface area (Å²) in [6.07, 6.45) is -4.52. The zero-order valence-corrected chi connectivity index (χ0v) is 13.3. The summed E-state index contributed by atoms with van der Waals surface area (Å²) in [6, 6.07) is 3.69. The Morgan fingerprint density at radius 1 is 1.26 bits per heavy atom. The van der Waals surface area contributed by atoms with E-state index in [1.165, 1.54) is 16.4 Å². The second kappa shape index (κ2) is 5.89. The minimum Gasteiger partial charge on any atom is -0.379 e. The average molecular weight is 367 g/mol. The first-order valence-electron chi connectivity index (χ1n) is 6.59. The normalized spacial score (nSPS) is 17.5. The molecular formula is C12H12F3N3O3S2. The Hall–Kier alpha value is -1.43. The van der Waals surface area contributed by atoms with Gasteiger partial charge in [-0.2, -0.15) is 22.6 Å². The zero-order chi connectivity index (χ0) is 16.7. The monoisotopic (exact) mass is 367 g/mol. The Balaban J connectivity index is 1.87. The third-order valence-corrected chi connectivity index (χ3v) is 6.76. The van der Waals surface area contributed by atoms with Gasteiger partial charge in [0.15, 0.2) is 0 Å². The average Bonchev–Trinajstić information content (AvgIpc) is 3.16. The number of aromatic nitrogens is 2. The van der Waals surface area contributed by atoms with Gasteiger partial charge < -0.3 is 4.74 Å². The smallest absolute Gasteiger partial charge is 0.379 e. The molecule has 1 aliphatic rings. The van der Waals surface area contributed by atoms with Gasteiger partial charge in [-0.1, -0.05) is 0 Å². The summed E-state index contributed by atoms with van der Waals surface area (Å²) in [7, 11) is -3.66. The molecule has 126 valence electrons. The highest BCUT2D eigenvalue weighted by Crippen LogP contribution is 2.34. The van der Waals surface area contributed by atoms with Crippen molar-refractivity contribution in [2.24, 2.45) is 0 Å². The molecule has 23 heavy (non-hydrogen) atoms. The van der Waals surface area contributed by atoms with E-state index in [4.69, 9.17) is 4.74 Å². The van der Waals surface area contributed by atoms with E-state index in [0.29, 0.717) is 18.1 Å². The number of halogens is 3. The van der Waals surface area contributed by atoms with Gasteiger partial charge in [-0.15, -0.1) is 11.3 Å². The van der Waals surface area contributed by atoms with Crippen molar-refractivity contribution >= 4 is 21.4 Å². The Morgan fingerprint density at radius 2 is 1.96 bits per heavy atom. The second-order valence-electron chi connectivity index (χ2n) is 4.80. The third-order valence-electron chi connectivity index (χ3n) is 3.28. The topological polar surface area (TPSA) is 75.3 Å². The van der Waals surface area contributed by atoms with E-state index in [0.717, 1.165) is 17.4 Å². The van der Waals surface area contributed by atoms with Gasteiger partial charge in [0.25, 0.3) is 10.0 Å². The highest BCUT2D eigenvalue weighted by Gasteiger charge is 2.33. The van der Waals surface area contributed by atoms with Gasteiger partial charge in [0.2, 0.25) is 0 Å². The summed E-state index contributed by atoms with van der Waals surface area (Å²) in [4.78, 5) is 0.351. The van der Waals surface area contributed by atoms with E-state index < -0.39 is 21.9 Å². The maximum Gasteiger partial charge on any atom is 0.432 e. The number of hydrogen-bond donors (Lipinski definition) is 1. The number of H-pyrrole nitrogens is 1. The number of hydrogen-bond acceptors (Lipinski definition) is 5. The van der Waals surface area contributed by atoms with Crippen molar-refractivity contribution in [1.82, 2.24) is 14.5 Å². The number of aromatic amines is 1. The summed E-state index contributed by atoms with van der Waals surface area (Å²) in [5.41, 5.74) is -0.913. The van der Waals surface area contributed by atoms with Crippen LogP contribution in [-0.4, -0.2) is 49.2 Å². The maximum absolute atomic E-state index is 12.6. The Kier molecular flexibility index (Phi) is 4.21. The first-order valence-corrected chi connectivity index (χ1v) is 8.85. The molecule has 3 heterocycles. The third kappa shape index (κ3) is 3.27. The van der Waals surface area contributed by atoms with Gasteiger partial charge in [-0.05, 0) is 18.2 Å². The minimum atomic E-state index is -4.52. The molecule has 1 N–H and O–H groups in total. The van der Waals surface area contributed by atoms with E-state index in [1.54, 1.807) is 0 Å². The van der Waals surface area contributed by atoms with Gasteiger partial charge in [-0.25, -0.2) is 8.42 Å². The molecule has 2 aromatic heterocycles. The number of nitrogens with zero attached hydrogens (tertiary/aromatic N) is 2. The van der Waals surface area contributed by atoms with Crippen LogP contribution in [0.1, 0.15) is 5.69 Å². The van der Waals surface area contributed by atoms with Gasteiger partial charge in [-0.3, -0.25) is 5.10 Å². The fourth-order valence-electron chi connectivity index (χ4n) is 2.10. The molecule has 0 saturated carbocycles. The molecule has 0 aromatic carbocycles. The number of thiophene rings is 1. The van der Waals surface area contributed by atoms with E-state index in [9.17, 15) is 21.6 Å². The van der Waals surface area contributed by atoms with Crippen molar-refractivity contribution in [2.75, 3.05) is 26.3 Å². The van der Waals surface area contributed by atoms with Gasteiger partial charge in [0.05, 0.1) is 18.1 Å². The molecule has 1 saturated heterocycles. The predicted octanol–water partition coefficient (Wildman–Crippen LogP) is 2.18. The van der Waals surface area contributed by atoms with Crippen molar-refractivity contribution < 1.29 is 26.3 Å². The molecule has 0 bridgehead atoms. The van der Waals surface area contributed by atoms with Crippen molar-refractivity contribution in [1.29, 1.82) is 0 Å². The summed E-state index contributed by atoms with van der Waals surface area (Å²) in [5.74, 6) is 0. The quantitative estimate of drug-likeness (QED) is 0.902. The number of morpholine rings is 1. The van der Waals surface area contributed by atoms with Crippen LogP contribution in [0.15, 0.2) is 22.4 Å². The zero-order valence-electron chi connectivity index (χ0n) is 11.6. The first kappa shape index (κ1) is 16.4. The molecule has 0 aliphatic carbocycles. The van der Waals surface area contributed by atoms with Crippen LogP contribution < -0.4 is 0 Å². The standard InChI is InChI=1S/C12H12F3N3O3S2/c13-12(14,15)10-7-8(16-17-10)9-1-2-11(22-9)23(19,20)18-3-5-21-6-4-18/h1-2,7H,3-6H2,(H,16,17). The molecule has 6 nitrogen and oxygen atoms in total. The van der Waals surface area contributed by atoms with Crippen LogP contribution >= 0.6 is 11.3 Å². The summed E-state index contributed by atoms with van der Waals surface area (Å²) < 4.78 is 69.1. The number of alkyl halides is 3. The predicted molar refractivity (Wildman–Crippen MR) is 76.5 cm³/mol. The lowest BCUT2D eigenvalue weighted by molar-refractivity contribution is -0.141. The lowest BCUT2D eigenvalue weighted by atomic mass is 10.3. The van der Waals surface area contributed by atoms with E-state index in [2.05, 4.69) is 5.10 Å². The van der Waals surface area contributed by atoms with Gasteiger partial charge in [0, 0.05) is 13.1 Å². The number of ether oxygens (including phenoxy) is 1. The number of sulfonamides is 1. The van der Waals surface area contributed by atoms with E-state index >= 15 is 0 Å². The number of nitrogens with one attached hydrogen (secondary N) is 1. The van der Waals surface area contributed by atoms with Crippen LogP contribution in [0.4, 0.5) is 13.2 Å². The molecular weight excluding hydrogens is 355 g/mol. The first-order chi connectivity index (χ1) is 10.8. The van der Waals surface area contributed by atoms with Crippen LogP contribution in [0, 0.1) is 0 Å². The minimum absolute atomic E-state index is 0.0609. The molecule has 0 atom stereocenters. The van der Waals surface area contributed by atoms with Crippen LogP contribution in [0.5, 0.6) is 0 Å². The molecule has 1 fully saturated rings. The van der Waals surface area contributed by atoms with Gasteiger partial charge >= 0.3 is 6.18 Å². The van der Waals surface area contributed by atoms with E-state index in [1.807, 2.05) is 5.10 Å². The highest BCUT2D eigenvalue weighted by molar-refractivity contribution is 7.91. The molecule has 0 radical (unpaired) electrons. The molecule has 0 unspecified atom stereocenters. The van der Waals surface area contributed by atoms with E-state index in [-0.39, 0.29) is 23.0 Å². The van der Waals surface area contributed by atoms with Crippen LogP contribution in [0.2, 0.25) is 0 Å². The van der Waals surface area contributed by atoms with Crippen molar-refractivity contribution in [3.63, 3.8) is 0 Å². The molecule has 1 aliphatic heterocycles.